The van der Waals surface area contributed by atoms with Gasteiger partial charge >= 0.3 is 0 Å². The molecule has 0 amide bonds. The van der Waals surface area contributed by atoms with E-state index in [0.29, 0.717) is 26.4 Å². The molecular formula is C81H72N2O4S2. The summed E-state index contributed by atoms with van der Waals surface area (Å²) in [6, 6.07) is 90.8. The lowest BCUT2D eigenvalue weighted by molar-refractivity contribution is -0.0443. The van der Waals surface area contributed by atoms with Crippen molar-refractivity contribution in [1.29, 1.82) is 0 Å². The number of nitrogens with zero attached hydrogens (tertiary/aromatic N) is 2. The van der Waals surface area contributed by atoms with Crippen LogP contribution in [0.15, 0.2) is 243 Å². The number of benzene rings is 10. The van der Waals surface area contributed by atoms with Gasteiger partial charge in [-0.25, -0.2) is 0 Å². The molecule has 2 aromatic heterocycles. The minimum atomic E-state index is -0.280. The highest BCUT2D eigenvalue weighted by atomic mass is 32.1. The lowest BCUT2D eigenvalue weighted by Crippen LogP contribution is -2.26. The summed E-state index contributed by atoms with van der Waals surface area (Å²) in [4.78, 5) is 7.34. The number of thiophene rings is 2. The molecule has 6 nitrogen and oxygen atoms in total. The molecule has 0 bridgehead atoms. The lowest BCUT2D eigenvalue weighted by atomic mass is 9.70. The summed E-state index contributed by atoms with van der Waals surface area (Å²) in [6.45, 7) is 6.90. The number of aryl methyl sites for hydroxylation is 4. The first-order valence-corrected chi connectivity index (χ1v) is 33.3. The molecular weight excluding hydrogens is 1130 g/mol. The molecule has 0 radical (unpaired) electrons. The zero-order chi connectivity index (χ0) is 59.7. The Balaban J connectivity index is 0.809. The fourth-order valence-corrected chi connectivity index (χ4v) is 16.1. The third-order valence-corrected chi connectivity index (χ3v) is 20.7. The third-order valence-electron chi connectivity index (χ3n) is 18.4. The summed E-state index contributed by atoms with van der Waals surface area (Å²) >= 11 is 3.80. The van der Waals surface area contributed by atoms with E-state index >= 15 is 0 Å². The van der Waals surface area contributed by atoms with Crippen LogP contribution in [0.1, 0.15) is 95.6 Å². The molecule has 0 saturated carbocycles. The third kappa shape index (κ3) is 11.8. The van der Waals surface area contributed by atoms with Gasteiger partial charge < -0.3 is 28.7 Å². The molecule has 0 unspecified atom stereocenters. The van der Waals surface area contributed by atoms with E-state index in [0.717, 1.165) is 96.6 Å². The van der Waals surface area contributed by atoms with Crippen LogP contribution in [0, 0.1) is 13.8 Å². The van der Waals surface area contributed by atoms with Gasteiger partial charge in [-0.15, -0.1) is 22.7 Å². The Hall–Kier alpha value is -8.44. The second kappa shape index (κ2) is 25.2. The summed E-state index contributed by atoms with van der Waals surface area (Å²) in [5.41, 5.74) is 22.2. The Kier molecular flexibility index (Phi) is 16.2. The van der Waals surface area contributed by atoms with Gasteiger partial charge in [0.05, 0.1) is 26.4 Å². The van der Waals surface area contributed by atoms with E-state index in [-0.39, 0.29) is 18.0 Å². The van der Waals surface area contributed by atoms with E-state index in [1.807, 2.05) is 22.7 Å². The standard InChI is InChI=1S/C81H72N2O4S2/c1-55-16-13-26-67(46-55)82(65-22-5-3-6-23-65)69-34-38-75-63(49-69)53-77(88-75)60-32-36-71-72-37-33-61(78-54-64-50-70(35-39-76(64)89-78)83(66-24-7-4-8-25-66)68-27-14-17-56(2)47-68)52-74(72)81(73(71)51-60,40-11-9-18-57-28-30-59(31-29-57)79-84-42-43-85-79)41-12-10-19-58-20-15-21-62(48-58)80-86-44-45-87-80/h3-8,13-17,20-39,46-54,79-80H,9-12,18-19,40-45H2,1-2H3. The highest BCUT2D eigenvalue weighted by molar-refractivity contribution is 7.22. The van der Waals surface area contributed by atoms with Gasteiger partial charge in [0, 0.05) is 69.8 Å². The molecule has 10 aromatic carbocycles. The minimum absolute atomic E-state index is 0.229. The van der Waals surface area contributed by atoms with Gasteiger partial charge in [-0.1, -0.05) is 146 Å². The molecule has 15 rings (SSSR count). The second-order valence-corrected chi connectivity index (χ2v) is 26.5. The first kappa shape index (κ1) is 57.0. The molecule has 8 heteroatoms. The SMILES string of the molecule is Cc1cccc(N(c2ccccc2)c2ccc3sc(-c4ccc5c(c4)C(CCCCc4ccc(C6OCCO6)cc4)(CCCCc4cccc(C6OCCO6)c4)c4cc(-c6cc7cc(N(c8ccccc8)c8cccc(C)c8)ccc7s6)ccc4-5)cc3c2)c1. The van der Waals surface area contributed by atoms with E-state index < -0.39 is 0 Å². The molecule has 1 aliphatic carbocycles. The average molecular weight is 1200 g/mol. The molecule has 12 aromatic rings. The van der Waals surface area contributed by atoms with Crippen LogP contribution < -0.4 is 9.80 Å². The quantitative estimate of drug-likeness (QED) is 0.0709. The zero-order valence-electron chi connectivity index (χ0n) is 50.6. The molecule has 0 spiro atoms. The van der Waals surface area contributed by atoms with Crippen molar-refractivity contribution in [3.8, 4) is 32.0 Å². The Morgan fingerprint density at radius 1 is 0.371 bits per heavy atom. The predicted octanol–water partition coefficient (Wildman–Crippen LogP) is 22.2. The van der Waals surface area contributed by atoms with Crippen molar-refractivity contribution >= 4 is 77.0 Å². The number of unbranched alkanes of at least 4 members (excludes halogenated alkanes) is 2. The molecule has 89 heavy (non-hydrogen) atoms. The van der Waals surface area contributed by atoms with Crippen molar-refractivity contribution in [1.82, 2.24) is 0 Å². The van der Waals surface area contributed by atoms with Crippen molar-refractivity contribution in [3.63, 3.8) is 0 Å². The molecule has 0 atom stereocenters. The molecule has 0 N–H and O–H groups in total. The van der Waals surface area contributed by atoms with E-state index in [4.69, 9.17) is 18.9 Å². The first-order valence-electron chi connectivity index (χ1n) is 31.7. The number of fused-ring (bicyclic) bond motifs is 5. The fourth-order valence-electron chi connectivity index (χ4n) is 14.0. The van der Waals surface area contributed by atoms with E-state index in [1.54, 1.807) is 0 Å². The predicted molar refractivity (Wildman–Crippen MR) is 370 cm³/mol. The summed E-state index contributed by atoms with van der Waals surface area (Å²) in [5.74, 6) is 0. The summed E-state index contributed by atoms with van der Waals surface area (Å²) in [6.07, 6.45) is 7.87. The second-order valence-electron chi connectivity index (χ2n) is 24.3. The van der Waals surface area contributed by atoms with Crippen LogP contribution in [0.3, 0.4) is 0 Å². The van der Waals surface area contributed by atoms with Gasteiger partial charge in [-0.2, -0.15) is 0 Å². The lowest BCUT2D eigenvalue weighted by Gasteiger charge is -2.33. The summed E-state index contributed by atoms with van der Waals surface area (Å²) in [5, 5.41) is 2.50. The smallest absolute Gasteiger partial charge is 0.184 e. The van der Waals surface area contributed by atoms with Gasteiger partial charge in [-0.05, 0) is 228 Å². The molecule has 442 valence electrons. The number of ether oxygens (including phenoxy) is 4. The monoisotopic (exact) mass is 1200 g/mol. The largest absolute Gasteiger partial charge is 0.346 e. The van der Waals surface area contributed by atoms with Crippen LogP contribution in [0.25, 0.3) is 52.2 Å². The van der Waals surface area contributed by atoms with Gasteiger partial charge in [0.2, 0.25) is 0 Å². The molecule has 2 saturated heterocycles. The van der Waals surface area contributed by atoms with Gasteiger partial charge in [0.1, 0.15) is 0 Å². The zero-order valence-corrected chi connectivity index (χ0v) is 52.2. The fraction of sp³-hybridized carbons (Fsp3) is 0.210. The maximum atomic E-state index is 5.95. The van der Waals surface area contributed by atoms with Gasteiger partial charge in [0.15, 0.2) is 12.6 Å². The van der Waals surface area contributed by atoms with Crippen molar-refractivity contribution < 1.29 is 18.9 Å². The van der Waals surface area contributed by atoms with Crippen molar-refractivity contribution in [2.24, 2.45) is 0 Å². The van der Waals surface area contributed by atoms with E-state index in [2.05, 4.69) is 266 Å². The van der Waals surface area contributed by atoms with Crippen molar-refractivity contribution in [2.45, 2.75) is 83.2 Å². The normalized spacial score (nSPS) is 14.6. The topological polar surface area (TPSA) is 43.4 Å². The minimum Gasteiger partial charge on any atom is -0.346 e. The Labute approximate surface area is 531 Å². The van der Waals surface area contributed by atoms with Crippen molar-refractivity contribution in [3.05, 3.63) is 287 Å². The van der Waals surface area contributed by atoms with Crippen LogP contribution in [-0.4, -0.2) is 26.4 Å². The van der Waals surface area contributed by atoms with Crippen LogP contribution in [0.4, 0.5) is 34.1 Å². The Morgan fingerprint density at radius 2 is 0.831 bits per heavy atom. The van der Waals surface area contributed by atoms with Crippen LogP contribution in [-0.2, 0) is 37.2 Å². The maximum Gasteiger partial charge on any atom is 0.184 e. The molecule has 2 fully saturated rings. The van der Waals surface area contributed by atoms with Crippen LogP contribution >= 0.6 is 22.7 Å². The summed E-state index contributed by atoms with van der Waals surface area (Å²) < 4.78 is 26.2. The Bertz CT molecular complexity index is 4250. The van der Waals surface area contributed by atoms with Gasteiger partial charge in [-0.3, -0.25) is 0 Å². The van der Waals surface area contributed by atoms with Crippen LogP contribution in [0.5, 0.6) is 0 Å². The van der Waals surface area contributed by atoms with Crippen molar-refractivity contribution in [2.75, 3.05) is 36.2 Å². The Morgan fingerprint density at radius 3 is 1.34 bits per heavy atom. The average Bonchev–Trinajstić information content (AvgIpc) is 1.63. The first-order chi connectivity index (χ1) is 43.9. The van der Waals surface area contributed by atoms with Crippen LogP contribution in [0.2, 0.25) is 0 Å². The molecule has 4 heterocycles. The van der Waals surface area contributed by atoms with E-state index in [9.17, 15) is 0 Å². The highest BCUT2D eigenvalue weighted by Crippen LogP contribution is 2.57. The number of para-hydroxylation sites is 2. The number of hydrogen-bond donors (Lipinski definition) is 0. The van der Waals surface area contributed by atoms with E-state index in [1.165, 1.54) is 85.6 Å². The maximum absolute atomic E-state index is 5.95. The number of hydrogen-bond acceptors (Lipinski definition) is 8. The summed E-state index contributed by atoms with van der Waals surface area (Å²) in [7, 11) is 0. The number of rotatable bonds is 20. The number of anilines is 6. The van der Waals surface area contributed by atoms with Gasteiger partial charge in [0.25, 0.3) is 0 Å². The highest BCUT2D eigenvalue weighted by Gasteiger charge is 2.43. The molecule has 3 aliphatic rings. The molecule has 2 aliphatic heterocycles.